The number of hydrogen-bond donors (Lipinski definition) is 1. The fourth-order valence-electron chi connectivity index (χ4n) is 3.89. The van der Waals surface area contributed by atoms with Crippen LogP contribution >= 0.6 is 11.6 Å². The van der Waals surface area contributed by atoms with Crippen molar-refractivity contribution in [1.29, 1.82) is 0 Å². The zero-order chi connectivity index (χ0) is 20.7. The molecule has 1 aliphatic heterocycles. The second kappa shape index (κ2) is 7.65. The molecule has 2 aromatic carbocycles. The molecule has 6 heteroatoms. The van der Waals surface area contributed by atoms with Gasteiger partial charge in [-0.2, -0.15) is 0 Å². The van der Waals surface area contributed by atoms with E-state index in [4.69, 9.17) is 16.0 Å². The van der Waals surface area contributed by atoms with Gasteiger partial charge in [0.1, 0.15) is 5.58 Å². The molecule has 4 rings (SSSR count). The molecular formula is C23H22ClNO4. The number of nitrogens with zero attached hydrogens (tertiary/aromatic N) is 1. The van der Waals surface area contributed by atoms with E-state index in [9.17, 15) is 14.7 Å². The van der Waals surface area contributed by atoms with E-state index >= 15 is 0 Å². The van der Waals surface area contributed by atoms with E-state index in [1.54, 1.807) is 17.0 Å². The monoisotopic (exact) mass is 411 g/mol. The maximum atomic E-state index is 13.4. The number of rotatable bonds is 5. The summed E-state index contributed by atoms with van der Waals surface area (Å²) in [5, 5.41) is 10.1. The largest absolute Gasteiger partial charge is 0.450 e. The van der Waals surface area contributed by atoms with Gasteiger partial charge in [-0.15, -0.1) is 0 Å². The second-order valence-corrected chi connectivity index (χ2v) is 7.75. The summed E-state index contributed by atoms with van der Waals surface area (Å²) in [5.74, 6) is -0.253. The number of carbonyl (C=O) groups excluding carboxylic acids is 1. The van der Waals surface area contributed by atoms with Gasteiger partial charge in [0.15, 0.2) is 5.43 Å². The summed E-state index contributed by atoms with van der Waals surface area (Å²) in [5.41, 5.74) is 3.24. The van der Waals surface area contributed by atoms with Crippen LogP contribution in [-0.4, -0.2) is 29.1 Å². The summed E-state index contributed by atoms with van der Waals surface area (Å²) in [7, 11) is 0. The van der Waals surface area contributed by atoms with Crippen molar-refractivity contribution in [2.75, 3.05) is 13.2 Å². The van der Waals surface area contributed by atoms with Crippen LogP contribution in [0, 0.1) is 6.92 Å². The summed E-state index contributed by atoms with van der Waals surface area (Å²) >= 11 is 6.24. The third-order valence-electron chi connectivity index (χ3n) is 5.51. The van der Waals surface area contributed by atoms with Crippen LogP contribution in [0.25, 0.3) is 11.0 Å². The van der Waals surface area contributed by atoms with Crippen molar-refractivity contribution in [3.05, 3.63) is 79.7 Å². The number of aliphatic hydroxyl groups excluding tert-OH is 1. The van der Waals surface area contributed by atoms with Gasteiger partial charge in [0.25, 0.3) is 5.91 Å². The molecule has 0 radical (unpaired) electrons. The first kappa shape index (κ1) is 19.7. The molecule has 0 saturated carbocycles. The van der Waals surface area contributed by atoms with Crippen molar-refractivity contribution in [2.24, 2.45) is 0 Å². The molecule has 0 aliphatic carbocycles. The Morgan fingerprint density at radius 1 is 1.17 bits per heavy atom. The lowest BCUT2D eigenvalue weighted by Gasteiger charge is -2.25. The second-order valence-electron chi connectivity index (χ2n) is 7.34. The van der Waals surface area contributed by atoms with Gasteiger partial charge in [-0.05, 0) is 48.6 Å². The van der Waals surface area contributed by atoms with Crippen LogP contribution in [0.2, 0.25) is 5.02 Å². The van der Waals surface area contributed by atoms with Gasteiger partial charge < -0.3 is 14.4 Å². The van der Waals surface area contributed by atoms with Crippen LogP contribution in [-0.2, 0) is 6.42 Å². The van der Waals surface area contributed by atoms with Crippen molar-refractivity contribution in [2.45, 2.75) is 32.7 Å². The average molecular weight is 412 g/mol. The number of amides is 1. The van der Waals surface area contributed by atoms with Gasteiger partial charge in [-0.1, -0.05) is 42.8 Å². The highest BCUT2D eigenvalue weighted by molar-refractivity contribution is 6.32. The van der Waals surface area contributed by atoms with E-state index in [1.165, 1.54) is 5.56 Å². The minimum absolute atomic E-state index is 0.0419. The quantitative estimate of drug-likeness (QED) is 0.681. The standard InChI is InChI=1S/C23H22ClNO4/c1-3-14-5-7-15(8-6-14)20-19-21(27)16-12-17(24)13(2)11-18(16)29-22(19)23(28)25(20)9-4-10-26/h5-8,11-12,20,26H,3-4,9-10H2,1-2H3. The van der Waals surface area contributed by atoms with Gasteiger partial charge in [0.2, 0.25) is 5.76 Å². The Balaban J connectivity index is 1.95. The number of aliphatic hydroxyl groups is 1. The first-order chi connectivity index (χ1) is 14.0. The van der Waals surface area contributed by atoms with Gasteiger partial charge in [0, 0.05) is 18.2 Å². The maximum Gasteiger partial charge on any atom is 0.290 e. The first-order valence-corrected chi connectivity index (χ1v) is 10.1. The minimum Gasteiger partial charge on any atom is -0.450 e. The molecule has 1 aliphatic rings. The smallest absolute Gasteiger partial charge is 0.290 e. The van der Waals surface area contributed by atoms with Gasteiger partial charge in [-0.3, -0.25) is 9.59 Å². The number of halogens is 1. The van der Waals surface area contributed by atoms with Crippen molar-refractivity contribution in [1.82, 2.24) is 4.90 Å². The van der Waals surface area contributed by atoms with Crippen LogP contribution in [0.5, 0.6) is 0 Å². The lowest BCUT2D eigenvalue weighted by molar-refractivity contribution is 0.0716. The summed E-state index contributed by atoms with van der Waals surface area (Å²) in [6, 6.07) is 10.7. The van der Waals surface area contributed by atoms with Gasteiger partial charge in [-0.25, -0.2) is 0 Å². The van der Waals surface area contributed by atoms with Crippen LogP contribution < -0.4 is 5.43 Å². The lowest BCUT2D eigenvalue weighted by Crippen LogP contribution is -2.31. The SMILES string of the molecule is CCc1ccc(C2c3c(oc4cc(C)c(Cl)cc4c3=O)C(=O)N2CCCO)cc1. The Labute approximate surface area is 173 Å². The highest BCUT2D eigenvalue weighted by atomic mass is 35.5. The lowest BCUT2D eigenvalue weighted by atomic mass is 9.97. The third-order valence-corrected chi connectivity index (χ3v) is 5.91. The number of fused-ring (bicyclic) bond motifs is 2. The van der Waals surface area contributed by atoms with E-state index < -0.39 is 6.04 Å². The molecule has 1 atom stereocenters. The highest BCUT2D eigenvalue weighted by Crippen LogP contribution is 2.38. The van der Waals surface area contributed by atoms with E-state index in [-0.39, 0.29) is 23.7 Å². The normalized spacial score (nSPS) is 15.9. The van der Waals surface area contributed by atoms with Crippen molar-refractivity contribution >= 4 is 28.5 Å². The number of carbonyl (C=O) groups is 1. The van der Waals surface area contributed by atoms with E-state index in [0.29, 0.717) is 34.5 Å². The fourth-order valence-corrected chi connectivity index (χ4v) is 4.06. The van der Waals surface area contributed by atoms with Crippen molar-refractivity contribution in [3.8, 4) is 0 Å². The average Bonchev–Trinajstić information content (AvgIpc) is 3.00. The third kappa shape index (κ3) is 3.24. The molecule has 3 aromatic rings. The molecule has 1 amide bonds. The predicted molar refractivity (Wildman–Crippen MR) is 113 cm³/mol. The molecule has 0 saturated heterocycles. The van der Waals surface area contributed by atoms with Gasteiger partial charge >= 0.3 is 0 Å². The molecule has 150 valence electrons. The molecule has 29 heavy (non-hydrogen) atoms. The highest BCUT2D eigenvalue weighted by Gasteiger charge is 2.42. The van der Waals surface area contributed by atoms with Crippen LogP contribution in [0.1, 0.15) is 52.2 Å². The molecule has 2 heterocycles. The van der Waals surface area contributed by atoms with E-state index in [1.807, 2.05) is 31.2 Å². The Kier molecular flexibility index (Phi) is 5.19. The fraction of sp³-hybridized carbons (Fsp3) is 0.304. The summed E-state index contributed by atoms with van der Waals surface area (Å²) < 4.78 is 5.93. The van der Waals surface area contributed by atoms with Gasteiger partial charge in [0.05, 0.1) is 17.0 Å². The molecule has 5 nitrogen and oxygen atoms in total. The van der Waals surface area contributed by atoms with Crippen LogP contribution in [0.3, 0.4) is 0 Å². The van der Waals surface area contributed by atoms with E-state index in [2.05, 4.69) is 6.92 Å². The molecule has 0 bridgehead atoms. The zero-order valence-corrected chi connectivity index (χ0v) is 17.1. The summed E-state index contributed by atoms with van der Waals surface area (Å²) in [6.45, 7) is 4.18. The number of aryl methyl sites for hydroxylation is 2. The molecule has 0 fully saturated rings. The zero-order valence-electron chi connectivity index (χ0n) is 16.4. The number of benzene rings is 2. The molecule has 1 unspecified atom stereocenters. The molecule has 0 spiro atoms. The Morgan fingerprint density at radius 3 is 2.55 bits per heavy atom. The Morgan fingerprint density at radius 2 is 1.90 bits per heavy atom. The Bertz CT molecular complexity index is 1150. The Hall–Kier alpha value is -2.63. The molecule has 1 aromatic heterocycles. The number of hydrogen-bond acceptors (Lipinski definition) is 4. The maximum absolute atomic E-state index is 13.4. The topological polar surface area (TPSA) is 70.8 Å². The first-order valence-electron chi connectivity index (χ1n) is 9.73. The molecular weight excluding hydrogens is 390 g/mol. The predicted octanol–water partition coefficient (Wildman–Crippen LogP) is 4.24. The minimum atomic E-state index is -0.546. The molecule has 1 N–H and O–H groups in total. The summed E-state index contributed by atoms with van der Waals surface area (Å²) in [4.78, 5) is 28.2. The van der Waals surface area contributed by atoms with Crippen LogP contribution in [0.4, 0.5) is 0 Å². The van der Waals surface area contributed by atoms with Crippen molar-refractivity contribution < 1.29 is 14.3 Å². The summed E-state index contributed by atoms with van der Waals surface area (Å²) in [6.07, 6.45) is 1.32. The van der Waals surface area contributed by atoms with E-state index in [0.717, 1.165) is 17.5 Å². The van der Waals surface area contributed by atoms with Crippen LogP contribution in [0.15, 0.2) is 45.6 Å². The van der Waals surface area contributed by atoms with Crippen molar-refractivity contribution in [3.63, 3.8) is 0 Å².